The average Bonchev–Trinajstić information content (AvgIpc) is 3.24. The van der Waals surface area contributed by atoms with Gasteiger partial charge in [0.15, 0.2) is 0 Å². The second-order valence-corrected chi connectivity index (χ2v) is 6.38. The lowest BCUT2D eigenvalue weighted by Gasteiger charge is -2.36. The monoisotopic (exact) mass is 340 g/mol. The molecule has 1 N–H and O–H groups in total. The fourth-order valence-corrected chi connectivity index (χ4v) is 3.48. The van der Waals surface area contributed by atoms with Crippen LogP contribution in [-0.4, -0.2) is 41.3 Å². The number of aromatic amines is 1. The predicted octanol–water partition coefficient (Wildman–Crippen LogP) is 1.28. The van der Waals surface area contributed by atoms with E-state index in [0.29, 0.717) is 12.3 Å². The number of aryl methyl sites for hydroxylation is 1. The number of rotatable bonds is 3. The topological polar surface area (TPSA) is 88.3 Å². The molecule has 0 aliphatic carbocycles. The molecular weight excluding hydrogens is 320 g/mol. The van der Waals surface area contributed by atoms with Gasteiger partial charge in [-0.3, -0.25) is 14.0 Å². The molecule has 0 spiro atoms. The van der Waals surface area contributed by atoms with Crippen molar-refractivity contribution in [2.24, 2.45) is 0 Å². The molecule has 8 nitrogen and oxygen atoms in total. The predicted molar refractivity (Wildman–Crippen MR) is 91.1 cm³/mol. The summed E-state index contributed by atoms with van der Waals surface area (Å²) in [5.74, 6) is 1.36. The summed E-state index contributed by atoms with van der Waals surface area (Å²) in [5.41, 5.74) is 0.615. The maximum Gasteiger partial charge on any atom is 0.259 e. The number of hydrogen-bond donors (Lipinski definition) is 1. The Labute approximate surface area is 144 Å². The number of carbonyl (C=O) groups is 1. The van der Waals surface area contributed by atoms with Crippen LogP contribution in [0, 0.1) is 6.92 Å². The number of amides is 1. The molecule has 8 heteroatoms. The van der Waals surface area contributed by atoms with Crippen LogP contribution in [0.2, 0.25) is 0 Å². The number of H-pyrrole nitrogens is 1. The summed E-state index contributed by atoms with van der Waals surface area (Å²) in [5, 5.41) is 0. The Bertz CT molecular complexity index is 969. The fraction of sp³-hybridized carbons (Fsp3) is 0.412. The van der Waals surface area contributed by atoms with Gasteiger partial charge >= 0.3 is 0 Å². The van der Waals surface area contributed by atoms with E-state index < -0.39 is 0 Å². The van der Waals surface area contributed by atoms with E-state index >= 15 is 0 Å². The lowest BCUT2D eigenvalue weighted by atomic mass is 9.99. The SMILES string of the molecule is Cc1nccn1CC(=O)N1CCCCC1c1cc(=O)n2ccnc2[nH]1. The highest BCUT2D eigenvalue weighted by Crippen LogP contribution is 2.29. The molecule has 4 rings (SSSR count). The molecule has 0 bridgehead atoms. The number of piperidine rings is 1. The van der Waals surface area contributed by atoms with Crippen LogP contribution in [0.15, 0.2) is 35.6 Å². The minimum Gasteiger partial charge on any atom is -0.333 e. The summed E-state index contributed by atoms with van der Waals surface area (Å²) in [7, 11) is 0. The first-order valence-electron chi connectivity index (χ1n) is 8.47. The van der Waals surface area contributed by atoms with Crippen LogP contribution < -0.4 is 5.56 Å². The zero-order valence-corrected chi connectivity index (χ0v) is 14.1. The van der Waals surface area contributed by atoms with E-state index in [9.17, 15) is 9.59 Å². The Morgan fingerprint density at radius 2 is 2.12 bits per heavy atom. The minimum atomic E-state index is -0.135. The number of hydrogen-bond acceptors (Lipinski definition) is 4. The first kappa shape index (κ1) is 15.6. The molecule has 1 saturated heterocycles. The summed E-state index contributed by atoms with van der Waals surface area (Å²) < 4.78 is 3.31. The third-order valence-electron chi connectivity index (χ3n) is 4.82. The molecule has 1 fully saturated rings. The second kappa shape index (κ2) is 6.19. The van der Waals surface area contributed by atoms with Crippen LogP contribution in [0.25, 0.3) is 5.78 Å². The molecule has 4 heterocycles. The van der Waals surface area contributed by atoms with Gasteiger partial charge in [-0.1, -0.05) is 0 Å². The Hall–Kier alpha value is -2.90. The van der Waals surface area contributed by atoms with E-state index in [-0.39, 0.29) is 24.1 Å². The lowest BCUT2D eigenvalue weighted by Crippen LogP contribution is -2.41. The van der Waals surface area contributed by atoms with Crippen molar-refractivity contribution in [2.45, 2.75) is 38.8 Å². The van der Waals surface area contributed by atoms with E-state index in [0.717, 1.165) is 30.8 Å². The normalized spacial score (nSPS) is 18.0. The van der Waals surface area contributed by atoms with Gasteiger partial charge < -0.3 is 14.5 Å². The van der Waals surface area contributed by atoms with Crippen LogP contribution in [0.4, 0.5) is 0 Å². The van der Waals surface area contributed by atoms with Gasteiger partial charge in [-0.05, 0) is 26.2 Å². The molecule has 0 saturated carbocycles. The van der Waals surface area contributed by atoms with Crippen molar-refractivity contribution in [1.29, 1.82) is 0 Å². The molecular formula is C17H20N6O2. The summed E-state index contributed by atoms with van der Waals surface area (Å²) in [4.78, 5) is 38.5. The van der Waals surface area contributed by atoms with Gasteiger partial charge in [-0.25, -0.2) is 9.97 Å². The molecule has 0 radical (unpaired) electrons. The van der Waals surface area contributed by atoms with Gasteiger partial charge in [0.25, 0.3) is 5.56 Å². The Balaban J connectivity index is 1.65. The van der Waals surface area contributed by atoms with E-state index in [1.807, 2.05) is 22.6 Å². The van der Waals surface area contributed by atoms with Crippen LogP contribution in [0.3, 0.4) is 0 Å². The summed E-state index contributed by atoms with van der Waals surface area (Å²) >= 11 is 0. The van der Waals surface area contributed by atoms with Gasteiger partial charge in [0.05, 0.1) is 6.04 Å². The molecule has 25 heavy (non-hydrogen) atoms. The number of carbonyl (C=O) groups excluding carboxylic acids is 1. The summed E-state index contributed by atoms with van der Waals surface area (Å²) in [6, 6.07) is 1.45. The molecule has 3 aromatic heterocycles. The molecule has 3 aromatic rings. The van der Waals surface area contributed by atoms with E-state index in [4.69, 9.17) is 0 Å². The molecule has 0 aromatic carbocycles. The van der Waals surface area contributed by atoms with Crippen molar-refractivity contribution in [3.05, 3.63) is 52.7 Å². The van der Waals surface area contributed by atoms with Gasteiger partial charge in [-0.2, -0.15) is 0 Å². The number of imidazole rings is 2. The minimum absolute atomic E-state index is 0.0369. The maximum absolute atomic E-state index is 12.9. The second-order valence-electron chi connectivity index (χ2n) is 6.38. The highest BCUT2D eigenvalue weighted by molar-refractivity contribution is 5.76. The standard InChI is InChI=1S/C17H20N6O2/c1-12-18-5-8-21(12)11-16(25)22-7-3-2-4-14(22)13-10-15(24)23-9-6-19-17(23)20-13/h5-6,8-10,14H,2-4,7,11H2,1H3,(H,19,20). The van der Waals surface area contributed by atoms with Gasteiger partial charge in [-0.15, -0.1) is 0 Å². The van der Waals surface area contributed by atoms with Crippen molar-refractivity contribution < 1.29 is 4.79 Å². The third-order valence-corrected chi connectivity index (χ3v) is 4.82. The van der Waals surface area contributed by atoms with Gasteiger partial charge in [0, 0.05) is 43.1 Å². The molecule has 1 aliphatic heterocycles. The van der Waals surface area contributed by atoms with Crippen LogP contribution >= 0.6 is 0 Å². The molecule has 1 atom stereocenters. The Kier molecular flexibility index (Phi) is 3.87. The lowest BCUT2D eigenvalue weighted by molar-refractivity contribution is -0.135. The van der Waals surface area contributed by atoms with Crippen molar-refractivity contribution in [1.82, 2.24) is 28.8 Å². The smallest absolute Gasteiger partial charge is 0.259 e. The molecule has 1 aliphatic rings. The van der Waals surface area contributed by atoms with E-state index in [2.05, 4.69) is 15.0 Å². The van der Waals surface area contributed by atoms with Crippen molar-refractivity contribution in [3.8, 4) is 0 Å². The van der Waals surface area contributed by atoms with Crippen molar-refractivity contribution >= 4 is 11.7 Å². The van der Waals surface area contributed by atoms with Gasteiger partial charge in [0.2, 0.25) is 11.7 Å². The summed E-state index contributed by atoms with van der Waals surface area (Å²) in [6.45, 7) is 2.84. The quantitative estimate of drug-likeness (QED) is 0.778. The molecule has 1 amide bonds. The highest BCUT2D eigenvalue weighted by atomic mass is 16.2. The average molecular weight is 340 g/mol. The van der Waals surface area contributed by atoms with Crippen molar-refractivity contribution in [3.63, 3.8) is 0 Å². The maximum atomic E-state index is 12.9. The Morgan fingerprint density at radius 3 is 2.92 bits per heavy atom. The number of nitrogens with one attached hydrogen (secondary N) is 1. The summed E-state index contributed by atoms with van der Waals surface area (Å²) in [6.07, 6.45) is 9.56. The highest BCUT2D eigenvalue weighted by Gasteiger charge is 2.29. The van der Waals surface area contributed by atoms with Crippen LogP contribution in [-0.2, 0) is 11.3 Å². The first-order valence-corrected chi connectivity index (χ1v) is 8.47. The molecule has 1 unspecified atom stereocenters. The van der Waals surface area contributed by atoms with E-state index in [1.165, 1.54) is 4.40 Å². The fourth-order valence-electron chi connectivity index (χ4n) is 3.48. The van der Waals surface area contributed by atoms with Gasteiger partial charge in [0.1, 0.15) is 12.4 Å². The zero-order chi connectivity index (χ0) is 17.4. The van der Waals surface area contributed by atoms with Crippen LogP contribution in [0.5, 0.6) is 0 Å². The zero-order valence-electron chi connectivity index (χ0n) is 14.1. The number of likely N-dealkylation sites (tertiary alicyclic amines) is 1. The van der Waals surface area contributed by atoms with Crippen molar-refractivity contribution in [2.75, 3.05) is 6.54 Å². The van der Waals surface area contributed by atoms with Crippen LogP contribution in [0.1, 0.15) is 36.8 Å². The Morgan fingerprint density at radius 1 is 1.28 bits per heavy atom. The third kappa shape index (κ3) is 2.84. The number of fused-ring (bicyclic) bond motifs is 1. The number of aromatic nitrogens is 5. The largest absolute Gasteiger partial charge is 0.333 e. The van der Waals surface area contributed by atoms with E-state index in [1.54, 1.807) is 24.7 Å². The first-order chi connectivity index (χ1) is 12.1. The molecule has 130 valence electrons. The number of nitrogens with zero attached hydrogens (tertiary/aromatic N) is 5.